The van der Waals surface area contributed by atoms with Gasteiger partial charge < -0.3 is 15.7 Å². The number of carboxylic acid groups (broad SMARTS) is 1. The number of aliphatic carboxylic acids is 1. The van der Waals surface area contributed by atoms with Crippen molar-refractivity contribution >= 4 is 23.3 Å². The number of rotatable bonds is 4. The maximum Gasteiger partial charge on any atom is 0.330 e. The van der Waals surface area contributed by atoms with E-state index in [2.05, 4.69) is 10.6 Å². The number of carbonyl (C=O) groups excluding carboxylic acids is 1. The van der Waals surface area contributed by atoms with Crippen LogP contribution in [-0.4, -0.2) is 22.6 Å². The van der Waals surface area contributed by atoms with Crippen molar-refractivity contribution in [3.05, 3.63) is 22.4 Å². The van der Waals surface area contributed by atoms with E-state index in [1.807, 2.05) is 31.4 Å². The first-order chi connectivity index (χ1) is 9.96. The molecule has 21 heavy (non-hydrogen) atoms. The van der Waals surface area contributed by atoms with Gasteiger partial charge in [-0.05, 0) is 36.1 Å². The zero-order valence-electron chi connectivity index (χ0n) is 12.4. The van der Waals surface area contributed by atoms with Crippen LogP contribution in [0, 0.1) is 11.8 Å². The van der Waals surface area contributed by atoms with E-state index in [9.17, 15) is 14.7 Å². The van der Waals surface area contributed by atoms with Crippen molar-refractivity contribution in [3.63, 3.8) is 0 Å². The molecule has 1 aromatic rings. The van der Waals surface area contributed by atoms with Crippen molar-refractivity contribution in [1.29, 1.82) is 0 Å². The molecule has 0 aromatic carbocycles. The van der Waals surface area contributed by atoms with E-state index in [0.717, 1.165) is 24.1 Å². The summed E-state index contributed by atoms with van der Waals surface area (Å²) in [5.74, 6) is -1.09. The van der Waals surface area contributed by atoms with E-state index in [-0.39, 0.29) is 11.8 Å². The van der Waals surface area contributed by atoms with Crippen LogP contribution in [0.5, 0.6) is 0 Å². The van der Waals surface area contributed by atoms with Gasteiger partial charge in [-0.1, -0.05) is 26.3 Å². The topological polar surface area (TPSA) is 78.4 Å². The van der Waals surface area contributed by atoms with E-state index in [1.165, 1.54) is 0 Å². The second kappa shape index (κ2) is 6.47. The molecular formula is C15H22N2O3S. The van der Waals surface area contributed by atoms with Crippen LogP contribution < -0.4 is 10.6 Å². The van der Waals surface area contributed by atoms with Gasteiger partial charge in [-0.2, -0.15) is 0 Å². The average molecular weight is 310 g/mol. The molecule has 1 fully saturated rings. The predicted molar refractivity (Wildman–Crippen MR) is 82.2 cm³/mol. The molecular weight excluding hydrogens is 288 g/mol. The maximum absolute atomic E-state index is 12.1. The third-order valence-corrected chi connectivity index (χ3v) is 5.38. The second-order valence-corrected chi connectivity index (χ2v) is 6.83. The van der Waals surface area contributed by atoms with Crippen LogP contribution in [0.3, 0.4) is 0 Å². The SMILES string of the molecule is CC1CCCC(C)C1(NC(=O)NCc1cccs1)C(=O)O. The number of nitrogens with one attached hydrogen (secondary N) is 2. The summed E-state index contributed by atoms with van der Waals surface area (Å²) in [7, 11) is 0. The Kier molecular flexibility index (Phi) is 4.88. The molecule has 3 N–H and O–H groups in total. The quantitative estimate of drug-likeness (QED) is 0.800. The van der Waals surface area contributed by atoms with E-state index in [4.69, 9.17) is 0 Å². The van der Waals surface area contributed by atoms with Crippen molar-refractivity contribution < 1.29 is 14.7 Å². The molecule has 116 valence electrons. The molecule has 1 aliphatic rings. The van der Waals surface area contributed by atoms with E-state index in [1.54, 1.807) is 11.3 Å². The fourth-order valence-electron chi connectivity index (χ4n) is 3.21. The smallest absolute Gasteiger partial charge is 0.330 e. The van der Waals surface area contributed by atoms with Crippen LogP contribution in [0.15, 0.2) is 17.5 Å². The number of carbonyl (C=O) groups is 2. The molecule has 5 nitrogen and oxygen atoms in total. The zero-order valence-corrected chi connectivity index (χ0v) is 13.2. The molecule has 0 bridgehead atoms. The predicted octanol–water partition coefficient (Wildman–Crippen LogP) is 2.83. The Bertz CT molecular complexity index is 491. The van der Waals surface area contributed by atoms with E-state index >= 15 is 0 Å². The van der Waals surface area contributed by atoms with Gasteiger partial charge in [-0.3, -0.25) is 0 Å². The van der Waals surface area contributed by atoms with Crippen LogP contribution >= 0.6 is 11.3 Å². The van der Waals surface area contributed by atoms with E-state index in [0.29, 0.717) is 6.54 Å². The molecule has 2 atom stereocenters. The molecule has 1 aliphatic carbocycles. The number of hydrogen-bond donors (Lipinski definition) is 3. The summed E-state index contributed by atoms with van der Waals surface area (Å²) in [5.41, 5.74) is -1.17. The first-order valence-corrected chi connectivity index (χ1v) is 8.16. The lowest BCUT2D eigenvalue weighted by atomic mass is 9.67. The van der Waals surface area contributed by atoms with Gasteiger partial charge in [0.25, 0.3) is 0 Å². The molecule has 0 aliphatic heterocycles. The van der Waals surface area contributed by atoms with Gasteiger partial charge >= 0.3 is 12.0 Å². The number of amides is 2. The molecule has 0 saturated heterocycles. The maximum atomic E-state index is 12.1. The Labute approximate surface area is 128 Å². The fourth-order valence-corrected chi connectivity index (χ4v) is 3.85. The largest absolute Gasteiger partial charge is 0.479 e. The van der Waals surface area contributed by atoms with Crippen LogP contribution in [0.25, 0.3) is 0 Å². The Morgan fingerprint density at radius 2 is 2.05 bits per heavy atom. The minimum absolute atomic E-state index is 0.0776. The number of hydrogen-bond acceptors (Lipinski definition) is 3. The first kappa shape index (κ1) is 15.8. The Morgan fingerprint density at radius 1 is 1.38 bits per heavy atom. The monoisotopic (exact) mass is 310 g/mol. The van der Waals surface area contributed by atoms with Crippen LogP contribution in [-0.2, 0) is 11.3 Å². The highest BCUT2D eigenvalue weighted by Crippen LogP contribution is 2.38. The summed E-state index contributed by atoms with van der Waals surface area (Å²) in [5, 5.41) is 17.1. The van der Waals surface area contributed by atoms with Crippen molar-refractivity contribution in [2.75, 3.05) is 0 Å². The van der Waals surface area contributed by atoms with Crippen molar-refractivity contribution in [2.24, 2.45) is 11.8 Å². The van der Waals surface area contributed by atoms with Crippen molar-refractivity contribution in [1.82, 2.24) is 10.6 Å². The highest BCUT2D eigenvalue weighted by Gasteiger charge is 2.51. The molecule has 0 radical (unpaired) electrons. The van der Waals surface area contributed by atoms with Gasteiger partial charge in [0.2, 0.25) is 0 Å². The number of carboxylic acids is 1. The summed E-state index contributed by atoms with van der Waals surface area (Å²) in [6.07, 6.45) is 2.65. The molecule has 2 amide bonds. The Hall–Kier alpha value is -1.56. The average Bonchev–Trinajstić information content (AvgIpc) is 2.94. The van der Waals surface area contributed by atoms with Gasteiger partial charge in [-0.25, -0.2) is 9.59 Å². The number of thiophene rings is 1. The van der Waals surface area contributed by atoms with E-state index < -0.39 is 17.5 Å². The normalized spacial score (nSPS) is 28.9. The third-order valence-electron chi connectivity index (χ3n) is 4.51. The molecule has 1 heterocycles. The van der Waals surface area contributed by atoms with Crippen LogP contribution in [0.1, 0.15) is 38.0 Å². The summed E-state index contributed by atoms with van der Waals surface area (Å²) >= 11 is 1.56. The van der Waals surface area contributed by atoms with Crippen molar-refractivity contribution in [2.45, 2.75) is 45.2 Å². The molecule has 2 rings (SSSR count). The third kappa shape index (κ3) is 3.20. The van der Waals surface area contributed by atoms with Gasteiger partial charge in [0.1, 0.15) is 5.54 Å². The number of urea groups is 1. The molecule has 2 unspecified atom stereocenters. The summed E-state index contributed by atoms with van der Waals surface area (Å²) in [6.45, 7) is 4.23. The second-order valence-electron chi connectivity index (χ2n) is 5.79. The first-order valence-electron chi connectivity index (χ1n) is 7.28. The van der Waals surface area contributed by atoms with Gasteiger partial charge in [0, 0.05) is 4.88 Å². The van der Waals surface area contributed by atoms with Gasteiger partial charge in [0.05, 0.1) is 6.54 Å². The Morgan fingerprint density at radius 3 is 2.57 bits per heavy atom. The lowest BCUT2D eigenvalue weighted by Gasteiger charge is -2.44. The van der Waals surface area contributed by atoms with Crippen molar-refractivity contribution in [3.8, 4) is 0 Å². The fraction of sp³-hybridized carbons (Fsp3) is 0.600. The zero-order chi connectivity index (χ0) is 15.5. The molecule has 0 spiro atoms. The summed E-state index contributed by atoms with van der Waals surface area (Å²) in [6, 6.07) is 3.44. The summed E-state index contributed by atoms with van der Waals surface area (Å²) in [4.78, 5) is 25.0. The minimum atomic E-state index is -1.17. The highest BCUT2D eigenvalue weighted by atomic mass is 32.1. The standard InChI is InChI=1S/C15H22N2O3S/c1-10-5-3-6-11(2)15(10,13(18)19)17-14(20)16-9-12-7-4-8-21-12/h4,7-8,10-11H,3,5-6,9H2,1-2H3,(H,18,19)(H2,16,17,20). The van der Waals surface area contributed by atoms with Gasteiger partial charge in [0.15, 0.2) is 0 Å². The summed E-state index contributed by atoms with van der Waals surface area (Å²) < 4.78 is 0. The van der Waals surface area contributed by atoms with Crippen LogP contribution in [0.4, 0.5) is 4.79 Å². The molecule has 6 heteroatoms. The Balaban J connectivity index is 2.05. The molecule has 1 saturated carbocycles. The van der Waals surface area contributed by atoms with Gasteiger partial charge in [-0.15, -0.1) is 11.3 Å². The highest BCUT2D eigenvalue weighted by molar-refractivity contribution is 7.09. The molecule has 1 aromatic heterocycles. The van der Waals surface area contributed by atoms with Crippen LogP contribution in [0.2, 0.25) is 0 Å². The lowest BCUT2D eigenvalue weighted by Crippen LogP contribution is -2.65. The lowest BCUT2D eigenvalue weighted by molar-refractivity contribution is -0.151. The minimum Gasteiger partial charge on any atom is -0.479 e.